The van der Waals surface area contributed by atoms with Gasteiger partial charge in [-0.1, -0.05) is 17.7 Å². The Morgan fingerprint density at radius 2 is 1.81 bits per heavy atom. The number of rotatable bonds is 4. The predicted octanol–water partition coefficient (Wildman–Crippen LogP) is 4.69. The van der Waals surface area contributed by atoms with Gasteiger partial charge in [-0.05, 0) is 55.0 Å². The van der Waals surface area contributed by atoms with Gasteiger partial charge in [0.25, 0.3) is 0 Å². The quantitative estimate of drug-likeness (QED) is 0.547. The van der Waals surface area contributed by atoms with Gasteiger partial charge in [0.05, 0.1) is 24.8 Å². The molecular weight excluding hydrogens is 418 g/mol. The number of hydrogen-bond acceptors (Lipinski definition) is 6. The van der Waals surface area contributed by atoms with Crippen molar-refractivity contribution in [2.24, 2.45) is 0 Å². The first kappa shape index (κ1) is 20.2. The average Bonchev–Trinajstić information content (AvgIpc) is 2.80. The SMILES string of the molecule is COc1ccc(CN2COc3c(Cl)cc4c5c(c(=O)oc4c3C2)CCCC5)cc1OC. The summed E-state index contributed by atoms with van der Waals surface area (Å²) in [6.07, 6.45) is 3.74. The molecule has 6 nitrogen and oxygen atoms in total. The van der Waals surface area contributed by atoms with Gasteiger partial charge >= 0.3 is 5.63 Å². The number of fused-ring (bicyclic) bond motifs is 5. The van der Waals surface area contributed by atoms with Gasteiger partial charge < -0.3 is 18.6 Å². The number of benzene rings is 2. The highest BCUT2D eigenvalue weighted by molar-refractivity contribution is 6.33. The van der Waals surface area contributed by atoms with E-state index in [1.54, 1.807) is 14.2 Å². The third-order valence-electron chi connectivity index (χ3n) is 6.14. The van der Waals surface area contributed by atoms with Crippen molar-refractivity contribution in [3.8, 4) is 17.2 Å². The molecule has 3 aromatic rings. The Morgan fingerprint density at radius 3 is 2.58 bits per heavy atom. The van der Waals surface area contributed by atoms with Crippen LogP contribution in [0.2, 0.25) is 5.02 Å². The van der Waals surface area contributed by atoms with E-state index in [0.29, 0.717) is 47.7 Å². The standard InChI is InChI=1S/C24H24ClNO5/c1-28-20-8-7-14(9-21(20)29-2)11-26-12-18-22-17(10-19(25)23(18)30-13-26)15-5-3-4-6-16(15)24(27)31-22/h7-10H,3-6,11-13H2,1-2H3. The molecule has 0 amide bonds. The number of halogens is 1. The van der Waals surface area contributed by atoms with Crippen molar-refractivity contribution in [3.05, 3.63) is 62.0 Å². The summed E-state index contributed by atoms with van der Waals surface area (Å²) in [5.74, 6) is 1.98. The number of methoxy groups -OCH3 is 2. The average molecular weight is 442 g/mol. The molecule has 7 heteroatoms. The Labute approximate surface area is 185 Å². The van der Waals surface area contributed by atoms with Crippen LogP contribution in [0.3, 0.4) is 0 Å². The molecule has 5 rings (SSSR count). The van der Waals surface area contributed by atoms with Gasteiger partial charge in [0.2, 0.25) is 0 Å². The molecule has 1 aromatic heterocycles. The van der Waals surface area contributed by atoms with E-state index in [-0.39, 0.29) is 5.63 Å². The van der Waals surface area contributed by atoms with E-state index in [1.807, 2.05) is 24.3 Å². The zero-order valence-corrected chi connectivity index (χ0v) is 18.4. The molecule has 0 spiro atoms. The third kappa shape index (κ3) is 3.54. The lowest BCUT2D eigenvalue weighted by atomic mass is 9.90. The fourth-order valence-electron chi connectivity index (χ4n) is 4.65. The van der Waals surface area contributed by atoms with Crippen LogP contribution in [0.1, 0.15) is 35.1 Å². The van der Waals surface area contributed by atoms with Gasteiger partial charge in [0, 0.05) is 24.0 Å². The second-order valence-electron chi connectivity index (χ2n) is 8.05. The van der Waals surface area contributed by atoms with Crippen LogP contribution in [-0.4, -0.2) is 25.9 Å². The first-order valence-corrected chi connectivity index (χ1v) is 10.8. The first-order valence-electron chi connectivity index (χ1n) is 10.4. The Hall–Kier alpha value is -2.70. The molecule has 1 aliphatic heterocycles. The number of aryl methyl sites for hydroxylation is 1. The van der Waals surface area contributed by atoms with Crippen LogP contribution in [0.5, 0.6) is 17.2 Å². The molecule has 0 atom stereocenters. The molecule has 31 heavy (non-hydrogen) atoms. The van der Waals surface area contributed by atoms with Crippen molar-refractivity contribution >= 4 is 22.6 Å². The lowest BCUT2D eigenvalue weighted by Crippen LogP contribution is -2.32. The summed E-state index contributed by atoms with van der Waals surface area (Å²) in [6, 6.07) is 7.75. The Balaban J connectivity index is 1.52. The summed E-state index contributed by atoms with van der Waals surface area (Å²) < 4.78 is 22.6. The minimum atomic E-state index is -0.233. The smallest absolute Gasteiger partial charge is 0.339 e. The van der Waals surface area contributed by atoms with Crippen LogP contribution in [0.15, 0.2) is 33.5 Å². The highest BCUT2D eigenvalue weighted by Crippen LogP contribution is 2.41. The lowest BCUT2D eigenvalue weighted by Gasteiger charge is -2.30. The molecule has 0 unspecified atom stereocenters. The monoisotopic (exact) mass is 441 g/mol. The molecule has 1 aliphatic carbocycles. The van der Waals surface area contributed by atoms with Gasteiger partial charge in [-0.15, -0.1) is 0 Å². The van der Waals surface area contributed by atoms with Crippen LogP contribution in [-0.2, 0) is 25.9 Å². The molecule has 2 heterocycles. The minimum Gasteiger partial charge on any atom is -0.493 e. The van der Waals surface area contributed by atoms with Crippen LogP contribution in [0, 0.1) is 0 Å². The fourth-order valence-corrected chi connectivity index (χ4v) is 4.93. The highest BCUT2D eigenvalue weighted by Gasteiger charge is 2.27. The summed E-state index contributed by atoms with van der Waals surface area (Å²) in [7, 11) is 3.24. The van der Waals surface area contributed by atoms with Crippen molar-refractivity contribution in [1.82, 2.24) is 4.90 Å². The zero-order valence-electron chi connectivity index (χ0n) is 17.6. The first-order chi connectivity index (χ1) is 15.1. The van der Waals surface area contributed by atoms with E-state index in [0.717, 1.165) is 53.3 Å². The summed E-state index contributed by atoms with van der Waals surface area (Å²) in [6.45, 7) is 1.60. The second-order valence-corrected chi connectivity index (χ2v) is 8.45. The molecule has 0 radical (unpaired) electrons. The van der Waals surface area contributed by atoms with Gasteiger partial charge in [-0.3, -0.25) is 4.90 Å². The maximum atomic E-state index is 12.7. The fraction of sp³-hybridized carbons (Fsp3) is 0.375. The van der Waals surface area contributed by atoms with E-state index in [9.17, 15) is 4.79 Å². The molecule has 0 saturated heterocycles. The molecule has 0 bridgehead atoms. The molecular formula is C24H24ClNO5. The molecule has 162 valence electrons. The van der Waals surface area contributed by atoms with Crippen LogP contribution in [0.25, 0.3) is 11.0 Å². The second kappa shape index (κ2) is 8.09. The Bertz CT molecular complexity index is 1220. The predicted molar refractivity (Wildman–Crippen MR) is 118 cm³/mol. The van der Waals surface area contributed by atoms with Gasteiger partial charge in [0.1, 0.15) is 18.1 Å². The third-order valence-corrected chi connectivity index (χ3v) is 6.42. The van der Waals surface area contributed by atoms with Crippen molar-refractivity contribution in [2.45, 2.75) is 38.8 Å². The normalized spacial score (nSPS) is 15.8. The van der Waals surface area contributed by atoms with Gasteiger partial charge in [-0.2, -0.15) is 0 Å². The highest BCUT2D eigenvalue weighted by atomic mass is 35.5. The van der Waals surface area contributed by atoms with Gasteiger partial charge in [-0.25, -0.2) is 4.79 Å². The van der Waals surface area contributed by atoms with Crippen LogP contribution < -0.4 is 19.8 Å². The van der Waals surface area contributed by atoms with Crippen LogP contribution in [0.4, 0.5) is 0 Å². The summed E-state index contributed by atoms with van der Waals surface area (Å²) in [5, 5.41) is 1.50. The largest absolute Gasteiger partial charge is 0.493 e. The van der Waals surface area contributed by atoms with Crippen molar-refractivity contribution < 1.29 is 18.6 Å². The van der Waals surface area contributed by atoms with Crippen molar-refractivity contribution in [2.75, 3.05) is 21.0 Å². The van der Waals surface area contributed by atoms with Crippen molar-refractivity contribution in [3.63, 3.8) is 0 Å². The van der Waals surface area contributed by atoms with Crippen molar-refractivity contribution in [1.29, 1.82) is 0 Å². The summed E-state index contributed by atoms with van der Waals surface area (Å²) in [5.41, 5.74) is 4.15. The summed E-state index contributed by atoms with van der Waals surface area (Å²) >= 11 is 6.59. The number of nitrogens with zero attached hydrogens (tertiary/aromatic N) is 1. The van der Waals surface area contributed by atoms with Gasteiger partial charge in [0.15, 0.2) is 11.5 Å². The Kier molecular flexibility index (Phi) is 5.28. The number of hydrogen-bond donors (Lipinski definition) is 0. The molecule has 0 N–H and O–H groups in total. The Morgan fingerprint density at radius 1 is 1.03 bits per heavy atom. The molecule has 0 fully saturated rings. The maximum Gasteiger partial charge on any atom is 0.339 e. The lowest BCUT2D eigenvalue weighted by molar-refractivity contribution is 0.0889. The maximum absolute atomic E-state index is 12.7. The molecule has 2 aromatic carbocycles. The van der Waals surface area contributed by atoms with E-state index in [4.69, 9.17) is 30.2 Å². The topological polar surface area (TPSA) is 61.1 Å². The van der Waals surface area contributed by atoms with E-state index < -0.39 is 0 Å². The van der Waals surface area contributed by atoms with E-state index in [2.05, 4.69) is 4.90 Å². The summed E-state index contributed by atoms with van der Waals surface area (Å²) in [4.78, 5) is 14.8. The zero-order chi connectivity index (χ0) is 21.5. The van der Waals surface area contributed by atoms with Crippen LogP contribution >= 0.6 is 11.6 Å². The van der Waals surface area contributed by atoms with E-state index in [1.165, 1.54) is 0 Å². The molecule has 2 aliphatic rings. The molecule has 0 saturated carbocycles. The number of ether oxygens (including phenoxy) is 3. The van der Waals surface area contributed by atoms with E-state index >= 15 is 0 Å². The minimum absolute atomic E-state index is 0.233.